The lowest BCUT2D eigenvalue weighted by molar-refractivity contribution is -0.142. The van der Waals surface area contributed by atoms with Gasteiger partial charge in [0, 0.05) is 80.0 Å². The van der Waals surface area contributed by atoms with Gasteiger partial charge in [0.25, 0.3) is 0 Å². The highest BCUT2D eigenvalue weighted by atomic mass is 16.5. The molecule has 9 atom stereocenters. The average Bonchev–Trinajstić information content (AvgIpc) is 3.23. The number of benzene rings is 3. The molecule has 9 unspecified atom stereocenters. The minimum atomic E-state index is -0.402. The second-order valence-electron chi connectivity index (χ2n) is 17.8. The molecule has 3 aromatic carbocycles. The van der Waals surface area contributed by atoms with Gasteiger partial charge in [0.05, 0.1) is 18.9 Å². The van der Waals surface area contributed by atoms with Crippen molar-refractivity contribution in [2.45, 2.75) is 115 Å². The highest BCUT2D eigenvalue weighted by Gasteiger charge is 2.46. The minimum Gasteiger partial charge on any atom is -0.497 e. The van der Waals surface area contributed by atoms with Crippen molar-refractivity contribution in [1.82, 2.24) is 25.8 Å². The smallest absolute Gasteiger partial charge is 0.323 e. The molecule has 4 heterocycles. The number of nitrogens with one attached hydrogen (secondary N) is 6. The fourth-order valence-corrected chi connectivity index (χ4v) is 10.0. The van der Waals surface area contributed by atoms with Crippen LogP contribution in [0.25, 0.3) is 0 Å². The molecule has 0 spiro atoms. The van der Waals surface area contributed by atoms with Gasteiger partial charge in [-0.15, -0.1) is 0 Å². The molecule has 4 aliphatic rings. The lowest BCUT2D eigenvalue weighted by atomic mass is 9.74. The normalized spacial score (nSPS) is 27.0. The SMILES string of the molecule is CCC(C)NC(=O)Nc1ccc(C)c(C2CC3CNC(C)CC3N(CCc3ccc(NC(=O)Nc4cccc(OC)c4)cc3C3CC4CNC(C)CC4N(C)C3=O)C2=O)c1. The van der Waals surface area contributed by atoms with Crippen LogP contribution < -0.4 is 36.6 Å². The van der Waals surface area contributed by atoms with Gasteiger partial charge in [0.1, 0.15) is 5.75 Å². The summed E-state index contributed by atoms with van der Waals surface area (Å²) in [6.45, 7) is 12.5. The van der Waals surface area contributed by atoms with Gasteiger partial charge in [-0.1, -0.05) is 25.1 Å². The number of carbonyl (C=O) groups excluding carboxylic acids is 4. The molecule has 4 aliphatic heterocycles. The number of fused-ring (bicyclic) bond motifs is 2. The Balaban J connectivity index is 1.17. The lowest BCUT2D eigenvalue weighted by Crippen LogP contribution is -2.59. The molecule has 6 N–H and O–H groups in total. The molecule has 13 nitrogen and oxygen atoms in total. The van der Waals surface area contributed by atoms with Crippen molar-refractivity contribution in [2.24, 2.45) is 11.8 Å². The second kappa shape index (κ2) is 18.6. The topological polar surface area (TPSA) is 156 Å². The van der Waals surface area contributed by atoms with Crippen molar-refractivity contribution >= 4 is 40.9 Å². The van der Waals surface area contributed by atoms with E-state index >= 15 is 0 Å². The van der Waals surface area contributed by atoms with Crippen LogP contribution in [0, 0.1) is 18.8 Å². The van der Waals surface area contributed by atoms with Gasteiger partial charge >= 0.3 is 12.1 Å². The quantitative estimate of drug-likeness (QED) is 0.124. The zero-order valence-electron chi connectivity index (χ0n) is 36.3. The summed E-state index contributed by atoms with van der Waals surface area (Å²) in [5.74, 6) is 0.629. The minimum absolute atomic E-state index is 0.0425. The van der Waals surface area contributed by atoms with Gasteiger partial charge in [-0.3, -0.25) is 9.59 Å². The molecule has 7 rings (SSSR count). The summed E-state index contributed by atoms with van der Waals surface area (Å²) in [6, 6.07) is 19.2. The first-order valence-corrected chi connectivity index (χ1v) is 21.9. The summed E-state index contributed by atoms with van der Waals surface area (Å²) in [5, 5.41) is 19.2. The Labute approximate surface area is 355 Å². The standard InChI is InChI=1S/C47H64N8O5/c1-8-28(3)50-46(58)52-35-14-12-27(2)38(23-35)40-21-33-26-49-30(5)19-43(33)55(45(40)57)17-16-31-13-15-36(53-47(59)51-34-10-9-11-37(22-34)60-7)24-39(31)41-20-32-25-48-29(4)18-42(32)54(6)44(41)56/h9-15,22-24,28-30,32-33,40-43,48-49H,8,16-21,25-26H2,1-7H3,(H2,50,52,58)(H2,51,53,59). The van der Waals surface area contributed by atoms with Crippen LogP contribution in [0.5, 0.6) is 5.75 Å². The largest absolute Gasteiger partial charge is 0.497 e. The van der Waals surface area contributed by atoms with Crippen LogP contribution in [0.3, 0.4) is 0 Å². The summed E-state index contributed by atoms with van der Waals surface area (Å²) in [7, 11) is 3.52. The van der Waals surface area contributed by atoms with E-state index in [9.17, 15) is 19.2 Å². The van der Waals surface area contributed by atoms with E-state index in [1.807, 2.05) is 81.2 Å². The summed E-state index contributed by atoms with van der Waals surface area (Å²) in [6.07, 6.45) is 4.59. The zero-order chi connectivity index (χ0) is 42.7. The van der Waals surface area contributed by atoms with Gasteiger partial charge < -0.3 is 46.4 Å². The van der Waals surface area contributed by atoms with Crippen LogP contribution in [-0.4, -0.2) is 97.7 Å². The number of hydrogen-bond donors (Lipinski definition) is 6. The summed E-state index contributed by atoms with van der Waals surface area (Å²) in [5.41, 5.74) is 5.69. The third-order valence-corrected chi connectivity index (χ3v) is 13.6. The molecule has 322 valence electrons. The molecule has 0 aliphatic carbocycles. The molecule has 0 bridgehead atoms. The van der Waals surface area contributed by atoms with Gasteiger partial charge in [0.15, 0.2) is 0 Å². The first-order valence-electron chi connectivity index (χ1n) is 21.9. The maximum Gasteiger partial charge on any atom is 0.323 e. The van der Waals surface area contributed by atoms with Crippen molar-refractivity contribution in [3.63, 3.8) is 0 Å². The van der Waals surface area contributed by atoms with Crippen LogP contribution in [-0.2, 0) is 16.0 Å². The predicted octanol–water partition coefficient (Wildman–Crippen LogP) is 6.81. The highest BCUT2D eigenvalue weighted by molar-refractivity contribution is 6.00. The number of aryl methyl sites for hydroxylation is 1. The fourth-order valence-electron chi connectivity index (χ4n) is 10.0. The van der Waals surface area contributed by atoms with E-state index in [4.69, 9.17) is 4.74 Å². The molecule has 13 heteroatoms. The van der Waals surface area contributed by atoms with Crippen LogP contribution >= 0.6 is 0 Å². The molecule has 3 aromatic rings. The number of ether oxygens (including phenoxy) is 1. The van der Waals surface area contributed by atoms with Crippen LogP contribution in [0.15, 0.2) is 60.7 Å². The number of amides is 6. The lowest BCUT2D eigenvalue weighted by Gasteiger charge is -2.49. The van der Waals surface area contributed by atoms with E-state index in [1.165, 1.54) is 0 Å². The van der Waals surface area contributed by atoms with Gasteiger partial charge in [-0.05, 0) is 137 Å². The number of carbonyl (C=O) groups is 4. The Hall–Kier alpha value is -5.14. The maximum absolute atomic E-state index is 14.9. The van der Waals surface area contributed by atoms with Gasteiger partial charge in [0.2, 0.25) is 11.8 Å². The second-order valence-corrected chi connectivity index (χ2v) is 17.8. The Morgan fingerprint density at radius 3 is 2.07 bits per heavy atom. The molecule has 4 fully saturated rings. The Morgan fingerprint density at radius 2 is 1.38 bits per heavy atom. The summed E-state index contributed by atoms with van der Waals surface area (Å²) in [4.78, 5) is 59.4. The van der Waals surface area contributed by atoms with Gasteiger partial charge in [-0.25, -0.2) is 9.59 Å². The van der Waals surface area contributed by atoms with Gasteiger partial charge in [-0.2, -0.15) is 0 Å². The Bertz CT molecular complexity index is 2060. The molecule has 4 saturated heterocycles. The molecular weight excluding hydrogens is 757 g/mol. The molecular formula is C47H64N8O5. The number of hydrogen-bond acceptors (Lipinski definition) is 7. The van der Waals surface area contributed by atoms with Crippen molar-refractivity contribution < 1.29 is 23.9 Å². The van der Waals surface area contributed by atoms with Crippen molar-refractivity contribution in [3.8, 4) is 5.75 Å². The van der Waals surface area contributed by atoms with E-state index in [0.29, 0.717) is 54.2 Å². The maximum atomic E-state index is 14.9. The molecule has 0 radical (unpaired) electrons. The van der Waals surface area contributed by atoms with Crippen LogP contribution in [0.4, 0.5) is 26.7 Å². The number of likely N-dealkylation sites (tertiary alicyclic amines) is 2. The van der Waals surface area contributed by atoms with Crippen molar-refractivity contribution in [1.29, 1.82) is 0 Å². The van der Waals surface area contributed by atoms with Crippen molar-refractivity contribution in [2.75, 3.05) is 49.7 Å². The molecule has 0 aromatic heterocycles. The number of methoxy groups -OCH3 is 1. The number of urea groups is 2. The Kier molecular flexibility index (Phi) is 13.3. The summed E-state index contributed by atoms with van der Waals surface area (Å²) >= 11 is 0. The number of anilines is 3. The average molecular weight is 821 g/mol. The van der Waals surface area contributed by atoms with E-state index in [2.05, 4.69) is 50.6 Å². The van der Waals surface area contributed by atoms with E-state index in [1.54, 1.807) is 19.2 Å². The molecule has 60 heavy (non-hydrogen) atoms. The fraction of sp³-hybridized carbons (Fsp3) is 0.532. The highest BCUT2D eigenvalue weighted by Crippen LogP contribution is 2.42. The van der Waals surface area contributed by atoms with Crippen LogP contribution in [0.2, 0.25) is 0 Å². The van der Waals surface area contributed by atoms with Crippen molar-refractivity contribution in [3.05, 3.63) is 82.9 Å². The number of likely N-dealkylation sites (N-methyl/N-ethyl adjacent to an activating group) is 1. The number of nitrogens with zero attached hydrogens (tertiary/aromatic N) is 2. The van der Waals surface area contributed by atoms with Crippen LogP contribution in [0.1, 0.15) is 93.9 Å². The monoisotopic (exact) mass is 820 g/mol. The van der Waals surface area contributed by atoms with E-state index in [-0.39, 0.29) is 53.8 Å². The van der Waals surface area contributed by atoms with E-state index < -0.39 is 11.9 Å². The first-order chi connectivity index (χ1) is 28.8. The zero-order valence-corrected chi connectivity index (χ0v) is 36.3. The first kappa shape index (κ1) is 43.0. The number of rotatable bonds is 11. The van der Waals surface area contributed by atoms with E-state index in [0.717, 1.165) is 61.0 Å². The predicted molar refractivity (Wildman–Crippen MR) is 237 cm³/mol. The third-order valence-electron chi connectivity index (χ3n) is 13.6. The molecule has 0 saturated carbocycles. The Morgan fingerprint density at radius 1 is 0.783 bits per heavy atom. The summed E-state index contributed by atoms with van der Waals surface area (Å²) < 4.78 is 5.33. The number of piperidine rings is 4. The molecule has 6 amide bonds. The third kappa shape index (κ3) is 9.57.